The van der Waals surface area contributed by atoms with Crippen LogP contribution in [0.5, 0.6) is 5.75 Å². The lowest BCUT2D eigenvalue weighted by molar-refractivity contribution is 0.0933. The molecule has 3 aromatic rings. The van der Waals surface area contributed by atoms with Crippen LogP contribution in [0.2, 0.25) is 0 Å². The van der Waals surface area contributed by atoms with E-state index in [2.05, 4.69) is 17.2 Å². The molecule has 1 aromatic heterocycles. The van der Waals surface area contributed by atoms with Crippen LogP contribution in [0, 0.1) is 11.8 Å². The molecular formula is C19H15NO3. The van der Waals surface area contributed by atoms with Crippen LogP contribution in [0.25, 0.3) is 11.0 Å². The van der Waals surface area contributed by atoms with Gasteiger partial charge in [-0.05, 0) is 36.4 Å². The number of rotatable bonds is 3. The van der Waals surface area contributed by atoms with E-state index in [4.69, 9.17) is 9.15 Å². The molecule has 0 fully saturated rings. The zero-order valence-electron chi connectivity index (χ0n) is 12.6. The molecule has 1 amide bonds. The molecule has 1 N–H and O–H groups in total. The molecule has 3 rings (SSSR count). The van der Waals surface area contributed by atoms with Gasteiger partial charge in [0.05, 0.1) is 13.7 Å². The minimum atomic E-state index is -0.273. The van der Waals surface area contributed by atoms with Gasteiger partial charge in [0.15, 0.2) is 5.76 Å². The van der Waals surface area contributed by atoms with Gasteiger partial charge in [0, 0.05) is 10.9 Å². The minimum Gasteiger partial charge on any atom is -0.497 e. The predicted octanol–water partition coefficient (Wildman–Crippen LogP) is 3.22. The molecule has 0 unspecified atom stereocenters. The molecule has 0 saturated heterocycles. The van der Waals surface area contributed by atoms with Gasteiger partial charge >= 0.3 is 0 Å². The summed E-state index contributed by atoms with van der Waals surface area (Å²) in [6.07, 6.45) is 0. The Bertz CT molecular complexity index is 849. The highest BCUT2D eigenvalue weighted by Gasteiger charge is 2.10. The molecule has 2 aromatic carbocycles. The lowest BCUT2D eigenvalue weighted by atomic mass is 10.2. The summed E-state index contributed by atoms with van der Waals surface area (Å²) in [5, 5.41) is 3.63. The van der Waals surface area contributed by atoms with Gasteiger partial charge in [0.2, 0.25) is 0 Å². The standard InChI is InChI=1S/C19H15NO3/c1-22-16-10-8-14(9-11-16)5-4-12-20-19(21)18-13-15-6-2-3-7-17(15)23-18/h2-3,6-11,13H,12H2,1H3,(H,20,21). The zero-order chi connectivity index (χ0) is 16.1. The highest BCUT2D eigenvalue weighted by Crippen LogP contribution is 2.18. The average molecular weight is 305 g/mol. The van der Waals surface area contributed by atoms with Crippen molar-refractivity contribution in [3.8, 4) is 17.6 Å². The Labute approximate surface area is 134 Å². The third-order valence-electron chi connectivity index (χ3n) is 3.31. The smallest absolute Gasteiger partial charge is 0.287 e. The molecule has 0 bridgehead atoms. The molecule has 0 atom stereocenters. The first-order valence-electron chi connectivity index (χ1n) is 7.16. The maximum absolute atomic E-state index is 12.0. The van der Waals surface area contributed by atoms with Crippen molar-refractivity contribution in [3.63, 3.8) is 0 Å². The second kappa shape index (κ2) is 6.71. The summed E-state index contributed by atoms with van der Waals surface area (Å²) in [4.78, 5) is 12.0. The molecule has 23 heavy (non-hydrogen) atoms. The van der Waals surface area contributed by atoms with E-state index in [9.17, 15) is 4.79 Å². The SMILES string of the molecule is COc1ccc(C#CCNC(=O)c2cc3ccccc3o2)cc1. The first-order valence-corrected chi connectivity index (χ1v) is 7.16. The number of amides is 1. The first-order chi connectivity index (χ1) is 11.3. The Morgan fingerprint density at radius 1 is 1.17 bits per heavy atom. The quantitative estimate of drug-likeness (QED) is 0.756. The van der Waals surface area contributed by atoms with E-state index in [1.165, 1.54) is 0 Å². The molecule has 0 radical (unpaired) electrons. The molecule has 1 heterocycles. The predicted molar refractivity (Wildman–Crippen MR) is 88.4 cm³/mol. The van der Waals surface area contributed by atoms with Crippen LogP contribution in [-0.2, 0) is 0 Å². The van der Waals surface area contributed by atoms with E-state index in [0.717, 1.165) is 16.7 Å². The van der Waals surface area contributed by atoms with E-state index in [1.54, 1.807) is 13.2 Å². The van der Waals surface area contributed by atoms with Gasteiger partial charge in [0.1, 0.15) is 11.3 Å². The third kappa shape index (κ3) is 3.53. The normalized spacial score (nSPS) is 9.96. The first kappa shape index (κ1) is 14.7. The molecule has 0 aliphatic carbocycles. The number of para-hydroxylation sites is 1. The molecule has 4 heteroatoms. The summed E-state index contributed by atoms with van der Waals surface area (Å²) >= 11 is 0. The van der Waals surface area contributed by atoms with E-state index in [-0.39, 0.29) is 18.2 Å². The van der Waals surface area contributed by atoms with E-state index < -0.39 is 0 Å². The number of methoxy groups -OCH3 is 1. The lowest BCUT2D eigenvalue weighted by Gasteiger charge is -1.98. The molecule has 0 aliphatic rings. The number of carbonyl (C=O) groups excluding carboxylic acids is 1. The van der Waals surface area contributed by atoms with Crippen LogP contribution < -0.4 is 10.1 Å². The Morgan fingerprint density at radius 2 is 1.96 bits per heavy atom. The van der Waals surface area contributed by atoms with Crippen molar-refractivity contribution in [3.05, 3.63) is 65.9 Å². The van der Waals surface area contributed by atoms with Gasteiger partial charge in [-0.15, -0.1) is 0 Å². The summed E-state index contributed by atoms with van der Waals surface area (Å²) < 4.78 is 10.6. The van der Waals surface area contributed by atoms with Crippen molar-refractivity contribution in [2.45, 2.75) is 0 Å². The molecular weight excluding hydrogens is 290 g/mol. The van der Waals surface area contributed by atoms with Crippen molar-refractivity contribution in [1.82, 2.24) is 5.32 Å². The highest BCUT2D eigenvalue weighted by molar-refractivity contribution is 5.96. The average Bonchev–Trinajstić information content (AvgIpc) is 3.03. The van der Waals surface area contributed by atoms with Crippen molar-refractivity contribution in [1.29, 1.82) is 0 Å². The molecule has 0 saturated carbocycles. The topological polar surface area (TPSA) is 51.5 Å². The molecule has 4 nitrogen and oxygen atoms in total. The maximum atomic E-state index is 12.0. The van der Waals surface area contributed by atoms with Crippen LogP contribution in [0.1, 0.15) is 16.1 Å². The Balaban J connectivity index is 1.59. The number of ether oxygens (including phenoxy) is 1. The van der Waals surface area contributed by atoms with E-state index in [0.29, 0.717) is 5.58 Å². The second-order valence-corrected chi connectivity index (χ2v) is 4.86. The molecule has 0 aliphatic heterocycles. The van der Waals surface area contributed by atoms with Crippen LogP contribution in [0.15, 0.2) is 59.0 Å². The van der Waals surface area contributed by atoms with Crippen molar-refractivity contribution < 1.29 is 13.9 Å². The zero-order valence-corrected chi connectivity index (χ0v) is 12.6. The third-order valence-corrected chi connectivity index (χ3v) is 3.31. The maximum Gasteiger partial charge on any atom is 0.287 e. The fourth-order valence-electron chi connectivity index (χ4n) is 2.13. The van der Waals surface area contributed by atoms with Crippen molar-refractivity contribution in [2.75, 3.05) is 13.7 Å². The van der Waals surface area contributed by atoms with Crippen molar-refractivity contribution in [2.24, 2.45) is 0 Å². The van der Waals surface area contributed by atoms with Crippen LogP contribution in [-0.4, -0.2) is 19.6 Å². The van der Waals surface area contributed by atoms with Crippen LogP contribution in [0.3, 0.4) is 0 Å². The van der Waals surface area contributed by atoms with Gasteiger partial charge in [0.25, 0.3) is 5.91 Å². The number of fused-ring (bicyclic) bond motifs is 1. The van der Waals surface area contributed by atoms with E-state index >= 15 is 0 Å². The summed E-state index contributed by atoms with van der Waals surface area (Å²) in [6.45, 7) is 0.252. The van der Waals surface area contributed by atoms with Gasteiger partial charge in [-0.3, -0.25) is 4.79 Å². The van der Waals surface area contributed by atoms with Gasteiger partial charge < -0.3 is 14.5 Å². The number of carbonyl (C=O) groups is 1. The van der Waals surface area contributed by atoms with E-state index in [1.807, 2.05) is 48.5 Å². The number of benzene rings is 2. The summed E-state index contributed by atoms with van der Waals surface area (Å²) in [7, 11) is 1.62. The fourth-order valence-corrected chi connectivity index (χ4v) is 2.13. The Kier molecular flexibility index (Phi) is 4.30. The monoisotopic (exact) mass is 305 g/mol. The fraction of sp³-hybridized carbons (Fsp3) is 0.105. The Hall–Kier alpha value is -3.19. The van der Waals surface area contributed by atoms with Gasteiger partial charge in [-0.2, -0.15) is 0 Å². The number of nitrogens with one attached hydrogen (secondary N) is 1. The largest absolute Gasteiger partial charge is 0.497 e. The highest BCUT2D eigenvalue weighted by atomic mass is 16.5. The summed E-state index contributed by atoms with van der Waals surface area (Å²) in [6, 6.07) is 16.7. The summed E-state index contributed by atoms with van der Waals surface area (Å²) in [5.74, 6) is 6.69. The van der Waals surface area contributed by atoms with Gasteiger partial charge in [-0.25, -0.2) is 0 Å². The number of hydrogen-bond donors (Lipinski definition) is 1. The lowest BCUT2D eigenvalue weighted by Crippen LogP contribution is -2.22. The van der Waals surface area contributed by atoms with Gasteiger partial charge in [-0.1, -0.05) is 30.0 Å². The summed E-state index contributed by atoms with van der Waals surface area (Å²) in [5.41, 5.74) is 1.56. The minimum absolute atomic E-state index is 0.252. The second-order valence-electron chi connectivity index (χ2n) is 4.86. The molecule has 114 valence electrons. The van der Waals surface area contributed by atoms with Crippen LogP contribution in [0.4, 0.5) is 0 Å². The molecule has 0 spiro atoms. The van der Waals surface area contributed by atoms with Crippen LogP contribution >= 0.6 is 0 Å². The number of furan rings is 1. The Morgan fingerprint density at radius 3 is 2.70 bits per heavy atom. The number of hydrogen-bond acceptors (Lipinski definition) is 3. The van der Waals surface area contributed by atoms with Crippen molar-refractivity contribution >= 4 is 16.9 Å².